The van der Waals surface area contributed by atoms with Crippen LogP contribution in [0.3, 0.4) is 0 Å². The van der Waals surface area contributed by atoms with Crippen LogP contribution in [-0.4, -0.2) is 16.8 Å². The van der Waals surface area contributed by atoms with E-state index in [0.29, 0.717) is 6.07 Å². The van der Waals surface area contributed by atoms with Crippen molar-refractivity contribution in [2.75, 3.05) is 5.32 Å². The number of ether oxygens (including phenoxy) is 1. The summed E-state index contributed by atoms with van der Waals surface area (Å²) in [5.41, 5.74) is -0.963. The van der Waals surface area contributed by atoms with E-state index in [1.54, 1.807) is 12.1 Å². The van der Waals surface area contributed by atoms with Crippen molar-refractivity contribution in [2.45, 2.75) is 13.8 Å². The average molecular weight is 364 g/mol. The molecule has 0 heterocycles. The molecule has 0 aliphatic heterocycles. The van der Waals surface area contributed by atoms with Gasteiger partial charge in [0.15, 0.2) is 11.6 Å². The first-order valence-electron chi connectivity index (χ1n) is 7.15. The Kier molecular flexibility index (Phi) is 5.68. The number of nitro groups is 1. The highest BCUT2D eigenvalue weighted by atomic mass is 19.1. The van der Waals surface area contributed by atoms with Crippen LogP contribution in [0.2, 0.25) is 0 Å². The molecule has 136 valence electrons. The molecule has 0 saturated heterocycles. The van der Waals surface area contributed by atoms with Gasteiger partial charge in [-0.1, -0.05) is 12.1 Å². The van der Waals surface area contributed by atoms with E-state index in [2.05, 4.69) is 10.2 Å². The fourth-order valence-electron chi connectivity index (χ4n) is 1.88. The van der Waals surface area contributed by atoms with Crippen LogP contribution in [0.15, 0.2) is 36.4 Å². The molecule has 10 heteroatoms. The molecule has 0 fully saturated rings. The molecule has 0 aliphatic rings. The summed E-state index contributed by atoms with van der Waals surface area (Å²) in [6.45, 7) is 2.28. The van der Waals surface area contributed by atoms with Crippen molar-refractivity contribution in [1.82, 2.24) is 0 Å². The van der Waals surface area contributed by atoms with Gasteiger partial charge in [0, 0.05) is 19.9 Å². The molecule has 26 heavy (non-hydrogen) atoms. The van der Waals surface area contributed by atoms with E-state index >= 15 is 0 Å². The number of nitrogens with one attached hydrogen (secondary N) is 1. The molecule has 1 amide bonds. The molecule has 0 aromatic heterocycles. The first kappa shape index (κ1) is 18.6. The fraction of sp³-hybridized carbons (Fsp3) is 0.125. The monoisotopic (exact) mass is 364 g/mol. The normalized spacial score (nSPS) is 9.96. The van der Waals surface area contributed by atoms with Crippen molar-refractivity contribution in [3.63, 3.8) is 0 Å². The molecule has 0 radical (unpaired) electrons. The van der Waals surface area contributed by atoms with Crippen LogP contribution in [0.4, 0.5) is 15.8 Å². The quantitative estimate of drug-likeness (QED) is 0.474. The summed E-state index contributed by atoms with van der Waals surface area (Å²) in [6, 6.07) is 7.47. The maximum Gasteiger partial charge on any atom is 0.352 e. The van der Waals surface area contributed by atoms with Gasteiger partial charge < -0.3 is 10.1 Å². The van der Waals surface area contributed by atoms with Crippen molar-refractivity contribution in [3.05, 3.63) is 52.3 Å². The molecule has 9 nitrogen and oxygen atoms in total. The Balaban J connectivity index is 2.43. The minimum absolute atomic E-state index is 0.0303. The van der Waals surface area contributed by atoms with Crippen LogP contribution >= 0.6 is 0 Å². The van der Waals surface area contributed by atoms with E-state index in [0.717, 1.165) is 19.9 Å². The van der Waals surface area contributed by atoms with Crippen molar-refractivity contribution >= 4 is 23.3 Å². The zero-order valence-corrected chi connectivity index (χ0v) is 13.6. The molecular formula is C16H13FN2O7. The van der Waals surface area contributed by atoms with Gasteiger partial charge >= 0.3 is 11.7 Å². The maximum absolute atomic E-state index is 13.9. The van der Waals surface area contributed by atoms with Gasteiger partial charge in [-0.05, 0) is 12.1 Å². The molecule has 1 N–H and O–H groups in total. The van der Waals surface area contributed by atoms with Crippen LogP contribution in [0.25, 0.3) is 0 Å². The number of nitro benzene ring substituents is 1. The lowest BCUT2D eigenvalue weighted by Gasteiger charge is -2.12. The van der Waals surface area contributed by atoms with Gasteiger partial charge in [0.25, 0.3) is 0 Å². The number of carbonyl (C=O) groups excluding carboxylic acids is 2. The Bertz CT molecular complexity index is 870. The number of halogens is 1. The number of hydrogen-bond donors (Lipinski definition) is 1. The van der Waals surface area contributed by atoms with Crippen molar-refractivity contribution in [2.24, 2.45) is 0 Å². The molecule has 2 rings (SSSR count). The highest BCUT2D eigenvalue weighted by molar-refractivity contribution is 5.89. The molecule has 0 bridgehead atoms. The SMILES string of the molecule is CC(=O)Nc1cc(Oc2ccccc2OOC(C)=O)c([N+](=O)[O-])cc1F. The van der Waals surface area contributed by atoms with Gasteiger partial charge in [0.05, 0.1) is 16.7 Å². The Morgan fingerprint density at radius 2 is 1.77 bits per heavy atom. The van der Waals surface area contributed by atoms with Crippen LogP contribution in [0.1, 0.15) is 13.8 Å². The summed E-state index contributed by atoms with van der Waals surface area (Å²) in [6.07, 6.45) is 0. The summed E-state index contributed by atoms with van der Waals surface area (Å²) in [4.78, 5) is 41.5. The Morgan fingerprint density at radius 3 is 2.35 bits per heavy atom. The Hall–Kier alpha value is -3.69. The number of benzene rings is 2. The highest BCUT2D eigenvalue weighted by Crippen LogP contribution is 2.38. The van der Waals surface area contributed by atoms with E-state index in [4.69, 9.17) is 9.62 Å². The lowest BCUT2D eigenvalue weighted by atomic mass is 10.2. The second-order valence-corrected chi connectivity index (χ2v) is 4.95. The number of amides is 1. The summed E-state index contributed by atoms with van der Waals surface area (Å²) in [5.74, 6) is -2.70. The summed E-state index contributed by atoms with van der Waals surface area (Å²) < 4.78 is 19.4. The minimum atomic E-state index is -0.997. The smallest absolute Gasteiger partial charge is 0.352 e. The summed E-state index contributed by atoms with van der Waals surface area (Å²) in [5, 5.41) is 13.4. The van der Waals surface area contributed by atoms with Crippen LogP contribution < -0.4 is 14.9 Å². The Morgan fingerprint density at radius 1 is 1.12 bits per heavy atom. The third-order valence-corrected chi connectivity index (χ3v) is 2.87. The Labute approximate surface area is 146 Å². The third kappa shape index (κ3) is 4.66. The maximum atomic E-state index is 13.9. The number of para-hydroxylation sites is 2. The summed E-state index contributed by atoms with van der Waals surface area (Å²) >= 11 is 0. The van der Waals surface area contributed by atoms with Gasteiger partial charge in [0.1, 0.15) is 0 Å². The third-order valence-electron chi connectivity index (χ3n) is 2.87. The lowest BCUT2D eigenvalue weighted by molar-refractivity contribution is -0.385. The first-order valence-corrected chi connectivity index (χ1v) is 7.15. The van der Waals surface area contributed by atoms with E-state index in [1.807, 2.05) is 0 Å². The van der Waals surface area contributed by atoms with Crippen molar-refractivity contribution < 1.29 is 33.4 Å². The zero-order valence-electron chi connectivity index (χ0n) is 13.6. The molecule has 2 aromatic carbocycles. The number of hydrogen-bond acceptors (Lipinski definition) is 7. The minimum Gasteiger partial charge on any atom is -0.446 e. The topological polar surface area (TPSA) is 117 Å². The lowest BCUT2D eigenvalue weighted by Crippen LogP contribution is -2.08. The molecule has 0 spiro atoms. The molecule has 0 atom stereocenters. The molecule has 0 aliphatic carbocycles. The molecular weight excluding hydrogens is 351 g/mol. The number of anilines is 1. The first-order chi connectivity index (χ1) is 12.3. The van der Waals surface area contributed by atoms with Gasteiger partial charge in [-0.3, -0.25) is 24.7 Å². The second-order valence-electron chi connectivity index (χ2n) is 4.95. The van der Waals surface area contributed by atoms with E-state index in [1.165, 1.54) is 12.1 Å². The van der Waals surface area contributed by atoms with Crippen molar-refractivity contribution in [3.8, 4) is 17.2 Å². The average Bonchev–Trinajstić information content (AvgIpc) is 2.56. The van der Waals surface area contributed by atoms with Crippen LogP contribution in [-0.2, 0) is 14.5 Å². The van der Waals surface area contributed by atoms with Gasteiger partial charge in [-0.15, -0.1) is 0 Å². The number of rotatable bonds is 6. The standard InChI is InChI=1S/C16H13FN2O7/c1-9(20)18-12-8-16(13(19(22)23)7-11(12)17)24-14-5-3-4-6-15(14)26-25-10(2)21/h3-8H,1-2H3,(H,18,20). The van der Waals surface area contributed by atoms with E-state index in [-0.39, 0.29) is 22.9 Å². The fourth-order valence-corrected chi connectivity index (χ4v) is 1.88. The molecule has 0 unspecified atom stereocenters. The van der Waals surface area contributed by atoms with Crippen LogP contribution in [0.5, 0.6) is 17.2 Å². The number of carbonyl (C=O) groups is 2. The summed E-state index contributed by atoms with van der Waals surface area (Å²) in [7, 11) is 0. The number of nitrogens with zero attached hydrogens (tertiary/aromatic N) is 1. The van der Waals surface area contributed by atoms with Crippen molar-refractivity contribution in [1.29, 1.82) is 0 Å². The molecule has 0 saturated carbocycles. The van der Waals surface area contributed by atoms with Gasteiger partial charge in [-0.25, -0.2) is 9.18 Å². The van der Waals surface area contributed by atoms with E-state index in [9.17, 15) is 24.1 Å². The predicted octanol–water partition coefficient (Wildman–Crippen LogP) is 3.34. The largest absolute Gasteiger partial charge is 0.446 e. The predicted molar refractivity (Wildman–Crippen MR) is 86.3 cm³/mol. The van der Waals surface area contributed by atoms with Gasteiger partial charge in [-0.2, -0.15) is 0 Å². The highest BCUT2D eigenvalue weighted by Gasteiger charge is 2.22. The molecule has 2 aromatic rings. The van der Waals surface area contributed by atoms with Crippen LogP contribution in [0, 0.1) is 15.9 Å². The zero-order chi connectivity index (χ0) is 19.3. The van der Waals surface area contributed by atoms with E-state index < -0.39 is 28.3 Å². The van der Waals surface area contributed by atoms with Gasteiger partial charge in [0.2, 0.25) is 17.4 Å². The second kappa shape index (κ2) is 7.92.